The molecule has 5 heteroatoms. The predicted octanol–water partition coefficient (Wildman–Crippen LogP) is 4.08. The molecule has 1 heterocycles. The van der Waals surface area contributed by atoms with Crippen molar-refractivity contribution in [1.29, 1.82) is 0 Å². The molecule has 0 radical (unpaired) electrons. The van der Waals surface area contributed by atoms with Crippen LogP contribution in [0, 0.1) is 5.82 Å². The van der Waals surface area contributed by atoms with Gasteiger partial charge in [0.1, 0.15) is 11.6 Å². The summed E-state index contributed by atoms with van der Waals surface area (Å²) in [7, 11) is 0. The van der Waals surface area contributed by atoms with E-state index in [1.54, 1.807) is 18.2 Å². The van der Waals surface area contributed by atoms with Gasteiger partial charge in [-0.05, 0) is 57.7 Å². The Hall–Kier alpha value is -0.840. The van der Waals surface area contributed by atoms with E-state index in [2.05, 4.69) is 15.9 Å². The Bertz CT molecular complexity index is 529. The maximum Gasteiger partial charge on any atom is 0.193 e. The highest BCUT2D eigenvalue weighted by atomic mass is 79.9. The van der Waals surface area contributed by atoms with Gasteiger partial charge in [-0.1, -0.05) is 12.1 Å². The SMILES string of the molecule is NC(Cc1cccc(F)c1Br)c1ccc(Cl)o1. The number of hydrogen-bond donors (Lipinski definition) is 1. The second-order valence-electron chi connectivity index (χ2n) is 3.67. The lowest BCUT2D eigenvalue weighted by Gasteiger charge is -2.10. The van der Waals surface area contributed by atoms with Gasteiger partial charge in [-0.2, -0.15) is 0 Å². The minimum Gasteiger partial charge on any atom is -0.448 e. The molecule has 1 aromatic heterocycles. The van der Waals surface area contributed by atoms with Crippen molar-refractivity contribution in [1.82, 2.24) is 0 Å². The number of furan rings is 1. The highest BCUT2D eigenvalue weighted by Gasteiger charge is 2.14. The van der Waals surface area contributed by atoms with E-state index in [1.165, 1.54) is 6.07 Å². The van der Waals surface area contributed by atoms with Crippen molar-refractivity contribution >= 4 is 27.5 Å². The monoisotopic (exact) mass is 317 g/mol. The minimum absolute atomic E-state index is 0.299. The van der Waals surface area contributed by atoms with E-state index in [-0.39, 0.29) is 11.9 Å². The Morgan fingerprint density at radius 1 is 1.35 bits per heavy atom. The van der Waals surface area contributed by atoms with Gasteiger partial charge in [0.2, 0.25) is 0 Å². The molecule has 17 heavy (non-hydrogen) atoms. The van der Waals surface area contributed by atoms with E-state index in [4.69, 9.17) is 21.8 Å². The Morgan fingerprint density at radius 2 is 2.12 bits per heavy atom. The van der Waals surface area contributed by atoms with Gasteiger partial charge in [0.15, 0.2) is 5.22 Å². The van der Waals surface area contributed by atoms with E-state index in [0.29, 0.717) is 21.9 Å². The zero-order chi connectivity index (χ0) is 12.4. The maximum absolute atomic E-state index is 13.3. The van der Waals surface area contributed by atoms with Crippen LogP contribution in [0.5, 0.6) is 0 Å². The first-order valence-electron chi connectivity index (χ1n) is 5.01. The zero-order valence-electron chi connectivity index (χ0n) is 8.79. The van der Waals surface area contributed by atoms with Crippen LogP contribution in [0.3, 0.4) is 0 Å². The molecule has 2 rings (SSSR count). The van der Waals surface area contributed by atoms with Crippen molar-refractivity contribution in [3.63, 3.8) is 0 Å². The van der Waals surface area contributed by atoms with Gasteiger partial charge in [0, 0.05) is 0 Å². The molecule has 90 valence electrons. The second kappa shape index (κ2) is 5.21. The third-order valence-electron chi connectivity index (χ3n) is 2.43. The summed E-state index contributed by atoms with van der Waals surface area (Å²) in [6.07, 6.45) is 0.474. The third kappa shape index (κ3) is 2.89. The smallest absolute Gasteiger partial charge is 0.193 e. The van der Waals surface area contributed by atoms with Crippen molar-refractivity contribution < 1.29 is 8.81 Å². The fourth-order valence-electron chi connectivity index (χ4n) is 1.57. The Balaban J connectivity index is 2.18. The number of halogens is 3. The van der Waals surface area contributed by atoms with Crippen LogP contribution in [0.2, 0.25) is 5.22 Å². The van der Waals surface area contributed by atoms with Gasteiger partial charge in [0.25, 0.3) is 0 Å². The summed E-state index contributed by atoms with van der Waals surface area (Å²) >= 11 is 8.87. The summed E-state index contributed by atoms with van der Waals surface area (Å²) in [5.41, 5.74) is 6.76. The summed E-state index contributed by atoms with van der Waals surface area (Å²) < 4.78 is 19.0. The molecule has 1 unspecified atom stereocenters. The van der Waals surface area contributed by atoms with Gasteiger partial charge in [-0.3, -0.25) is 0 Å². The van der Waals surface area contributed by atoms with Crippen LogP contribution in [0.25, 0.3) is 0 Å². The van der Waals surface area contributed by atoms with Gasteiger partial charge >= 0.3 is 0 Å². The molecule has 2 N–H and O–H groups in total. The molecule has 0 bridgehead atoms. The van der Waals surface area contributed by atoms with Crippen LogP contribution in [0.1, 0.15) is 17.4 Å². The molecule has 1 atom stereocenters. The highest BCUT2D eigenvalue weighted by Crippen LogP contribution is 2.26. The molecule has 2 aromatic rings. The van der Waals surface area contributed by atoms with Gasteiger partial charge < -0.3 is 10.2 Å². The van der Waals surface area contributed by atoms with Crippen LogP contribution in [-0.4, -0.2) is 0 Å². The van der Waals surface area contributed by atoms with E-state index >= 15 is 0 Å². The largest absolute Gasteiger partial charge is 0.448 e. The number of nitrogens with two attached hydrogens (primary N) is 1. The lowest BCUT2D eigenvalue weighted by molar-refractivity contribution is 0.465. The van der Waals surface area contributed by atoms with E-state index < -0.39 is 0 Å². The average Bonchev–Trinajstić information content (AvgIpc) is 2.72. The number of hydrogen-bond acceptors (Lipinski definition) is 2. The quantitative estimate of drug-likeness (QED) is 0.926. The summed E-state index contributed by atoms with van der Waals surface area (Å²) in [5, 5.41) is 0.300. The van der Waals surface area contributed by atoms with Crippen LogP contribution in [0.4, 0.5) is 4.39 Å². The Kier molecular flexibility index (Phi) is 3.86. The molecular formula is C12H10BrClFNO. The fourth-order valence-corrected chi connectivity index (χ4v) is 2.15. The zero-order valence-corrected chi connectivity index (χ0v) is 11.1. The molecular weight excluding hydrogens is 308 g/mol. The van der Waals surface area contributed by atoms with Crippen molar-refractivity contribution in [2.75, 3.05) is 0 Å². The van der Waals surface area contributed by atoms with E-state index in [9.17, 15) is 4.39 Å². The maximum atomic E-state index is 13.3. The fraction of sp³-hybridized carbons (Fsp3) is 0.167. The molecule has 0 spiro atoms. The van der Waals surface area contributed by atoms with Crippen LogP contribution in [-0.2, 0) is 6.42 Å². The van der Waals surface area contributed by atoms with Gasteiger partial charge in [-0.15, -0.1) is 0 Å². The molecule has 0 fully saturated rings. The van der Waals surface area contributed by atoms with Crippen LogP contribution >= 0.6 is 27.5 Å². The van der Waals surface area contributed by atoms with Gasteiger partial charge in [-0.25, -0.2) is 4.39 Å². The second-order valence-corrected chi connectivity index (χ2v) is 4.83. The number of benzene rings is 1. The topological polar surface area (TPSA) is 39.2 Å². The van der Waals surface area contributed by atoms with Crippen LogP contribution in [0.15, 0.2) is 39.2 Å². The van der Waals surface area contributed by atoms with Crippen molar-refractivity contribution in [3.8, 4) is 0 Å². The minimum atomic E-state index is -0.347. The molecule has 0 aliphatic heterocycles. The molecule has 1 aromatic carbocycles. The molecule has 0 aliphatic rings. The predicted molar refractivity (Wildman–Crippen MR) is 68.5 cm³/mol. The average molecular weight is 319 g/mol. The Labute approximate surface area is 112 Å². The Morgan fingerprint density at radius 3 is 2.76 bits per heavy atom. The summed E-state index contributed by atoms with van der Waals surface area (Å²) in [4.78, 5) is 0. The van der Waals surface area contributed by atoms with E-state index in [0.717, 1.165) is 5.56 Å². The third-order valence-corrected chi connectivity index (χ3v) is 3.52. The molecule has 0 aliphatic carbocycles. The molecule has 0 amide bonds. The standard InChI is InChI=1S/C12H10BrClFNO/c13-12-7(2-1-3-8(12)15)6-9(16)10-4-5-11(14)17-10/h1-5,9H,6,16H2. The first kappa shape index (κ1) is 12.6. The molecule has 0 saturated heterocycles. The molecule has 0 saturated carbocycles. The van der Waals surface area contributed by atoms with Crippen molar-refractivity contribution in [2.24, 2.45) is 5.73 Å². The first-order valence-corrected chi connectivity index (χ1v) is 6.18. The van der Waals surface area contributed by atoms with Crippen molar-refractivity contribution in [2.45, 2.75) is 12.5 Å². The molecule has 2 nitrogen and oxygen atoms in total. The summed E-state index contributed by atoms with van der Waals surface area (Å²) in [5.74, 6) is 0.290. The normalized spacial score (nSPS) is 12.7. The van der Waals surface area contributed by atoms with Crippen molar-refractivity contribution in [3.05, 3.63) is 57.2 Å². The summed E-state index contributed by atoms with van der Waals surface area (Å²) in [6.45, 7) is 0. The lowest BCUT2D eigenvalue weighted by Crippen LogP contribution is -2.13. The first-order chi connectivity index (χ1) is 8.08. The van der Waals surface area contributed by atoms with E-state index in [1.807, 2.05) is 6.07 Å². The lowest BCUT2D eigenvalue weighted by atomic mass is 10.0. The summed E-state index contributed by atoms with van der Waals surface area (Å²) in [6, 6.07) is 7.87. The van der Waals surface area contributed by atoms with Crippen LogP contribution < -0.4 is 5.73 Å². The van der Waals surface area contributed by atoms with Gasteiger partial charge in [0.05, 0.1) is 10.5 Å². The highest BCUT2D eigenvalue weighted by molar-refractivity contribution is 9.10. The number of rotatable bonds is 3.